The van der Waals surface area contributed by atoms with Gasteiger partial charge in [0.05, 0.1) is 0 Å². The molecule has 1 aromatic heterocycles. The first kappa shape index (κ1) is 17.9. The molecular weight excluding hydrogens is 356 g/mol. The molecule has 26 heavy (non-hydrogen) atoms. The Morgan fingerprint density at radius 1 is 1.23 bits per heavy atom. The van der Waals surface area contributed by atoms with E-state index in [1.54, 1.807) is 14.7 Å². The minimum atomic E-state index is -3.39. The first-order chi connectivity index (χ1) is 12.4. The average Bonchev–Trinajstić information content (AvgIpc) is 3.11. The number of piperidine rings is 1. The third kappa shape index (κ3) is 3.52. The molecule has 1 aliphatic carbocycles. The Labute approximate surface area is 154 Å². The monoisotopic (exact) mass is 382 g/mol. The van der Waals surface area contributed by atoms with Crippen molar-refractivity contribution in [3.8, 4) is 0 Å². The zero-order chi connectivity index (χ0) is 18.3. The molecule has 0 aromatic carbocycles. The summed E-state index contributed by atoms with van der Waals surface area (Å²) in [7, 11) is -3.39. The van der Waals surface area contributed by atoms with Gasteiger partial charge in [-0.05, 0) is 45.4 Å². The van der Waals surface area contributed by atoms with Crippen molar-refractivity contribution in [2.24, 2.45) is 0 Å². The molecule has 0 unspecified atom stereocenters. The SMILES string of the molecule is C[C@H]1C[C@@H](NC(=O)c2cc(C3CC3)on2)CCN1S(=O)(=O)N1CCCC1. The van der Waals surface area contributed by atoms with E-state index in [0.717, 1.165) is 31.4 Å². The molecule has 0 bridgehead atoms. The highest BCUT2D eigenvalue weighted by Gasteiger charge is 2.38. The Hall–Kier alpha value is -1.45. The van der Waals surface area contributed by atoms with Crippen molar-refractivity contribution in [2.75, 3.05) is 19.6 Å². The summed E-state index contributed by atoms with van der Waals surface area (Å²) in [4.78, 5) is 12.4. The van der Waals surface area contributed by atoms with Crippen LogP contribution in [0.25, 0.3) is 0 Å². The van der Waals surface area contributed by atoms with Crippen LogP contribution in [0.15, 0.2) is 10.6 Å². The molecule has 1 aromatic rings. The van der Waals surface area contributed by atoms with Crippen LogP contribution < -0.4 is 5.32 Å². The van der Waals surface area contributed by atoms with E-state index in [0.29, 0.717) is 44.1 Å². The number of nitrogens with one attached hydrogen (secondary N) is 1. The summed E-state index contributed by atoms with van der Waals surface area (Å²) in [5.74, 6) is 0.965. The maximum atomic E-state index is 12.8. The molecule has 3 heterocycles. The van der Waals surface area contributed by atoms with Gasteiger partial charge in [0.1, 0.15) is 5.76 Å². The van der Waals surface area contributed by atoms with E-state index >= 15 is 0 Å². The quantitative estimate of drug-likeness (QED) is 0.832. The second-order valence-corrected chi connectivity index (χ2v) is 9.54. The maximum absolute atomic E-state index is 12.8. The van der Waals surface area contributed by atoms with Gasteiger partial charge in [0.25, 0.3) is 16.1 Å². The smallest absolute Gasteiger partial charge is 0.282 e. The second kappa shape index (κ2) is 6.94. The standard InChI is InChI=1S/C17H26N4O4S/c1-12-10-14(6-9-21(12)26(23,24)20-7-2-3-8-20)18-17(22)15-11-16(25-19-15)13-4-5-13/h11-14H,2-10H2,1H3,(H,18,22)/t12-,14-/m0/s1. The number of carbonyl (C=O) groups excluding carboxylic acids is 1. The van der Waals surface area contributed by atoms with Gasteiger partial charge < -0.3 is 9.84 Å². The topological polar surface area (TPSA) is 95.7 Å². The van der Waals surface area contributed by atoms with Crippen LogP contribution in [0.1, 0.15) is 67.6 Å². The summed E-state index contributed by atoms with van der Waals surface area (Å²) in [6, 6.07) is 1.53. The molecule has 2 aliphatic heterocycles. The van der Waals surface area contributed by atoms with Gasteiger partial charge in [-0.1, -0.05) is 5.16 Å². The number of nitrogens with zero attached hydrogens (tertiary/aromatic N) is 3. The van der Waals surface area contributed by atoms with Gasteiger partial charge in [-0.3, -0.25) is 4.79 Å². The van der Waals surface area contributed by atoms with Crippen molar-refractivity contribution >= 4 is 16.1 Å². The molecule has 3 aliphatic rings. The highest BCUT2D eigenvalue weighted by atomic mass is 32.2. The molecular formula is C17H26N4O4S. The lowest BCUT2D eigenvalue weighted by molar-refractivity contribution is 0.0904. The van der Waals surface area contributed by atoms with Crippen molar-refractivity contribution in [1.82, 2.24) is 19.1 Å². The van der Waals surface area contributed by atoms with Gasteiger partial charge in [-0.25, -0.2) is 0 Å². The van der Waals surface area contributed by atoms with Gasteiger partial charge in [0.2, 0.25) is 0 Å². The molecule has 8 nitrogen and oxygen atoms in total. The lowest BCUT2D eigenvalue weighted by atomic mass is 10.0. The molecule has 9 heteroatoms. The molecule has 3 fully saturated rings. The van der Waals surface area contributed by atoms with E-state index in [2.05, 4.69) is 10.5 Å². The molecule has 2 saturated heterocycles. The number of hydrogen-bond acceptors (Lipinski definition) is 5. The summed E-state index contributed by atoms with van der Waals surface area (Å²) in [5.41, 5.74) is 0.312. The predicted molar refractivity (Wildman–Crippen MR) is 94.9 cm³/mol. The molecule has 0 radical (unpaired) electrons. The minimum Gasteiger partial charge on any atom is -0.360 e. The number of rotatable bonds is 5. The maximum Gasteiger partial charge on any atom is 0.282 e. The van der Waals surface area contributed by atoms with Crippen molar-refractivity contribution in [3.05, 3.63) is 17.5 Å². The summed E-state index contributed by atoms with van der Waals surface area (Å²) in [5, 5.41) is 6.85. The fraction of sp³-hybridized carbons (Fsp3) is 0.765. The summed E-state index contributed by atoms with van der Waals surface area (Å²) >= 11 is 0. The van der Waals surface area contributed by atoms with Gasteiger partial charge >= 0.3 is 0 Å². The van der Waals surface area contributed by atoms with Crippen molar-refractivity contribution in [1.29, 1.82) is 0 Å². The lowest BCUT2D eigenvalue weighted by Crippen LogP contribution is -2.54. The fourth-order valence-corrected chi connectivity index (χ4v) is 5.80. The Morgan fingerprint density at radius 2 is 1.96 bits per heavy atom. The van der Waals surface area contributed by atoms with E-state index in [1.165, 1.54) is 0 Å². The van der Waals surface area contributed by atoms with Gasteiger partial charge in [0, 0.05) is 43.7 Å². The number of carbonyl (C=O) groups is 1. The number of hydrogen-bond donors (Lipinski definition) is 1. The number of amides is 1. The average molecular weight is 382 g/mol. The second-order valence-electron chi connectivity index (χ2n) is 7.66. The zero-order valence-corrected chi connectivity index (χ0v) is 15.9. The number of aromatic nitrogens is 1. The molecule has 1 N–H and O–H groups in total. The third-order valence-corrected chi connectivity index (χ3v) is 7.73. The van der Waals surface area contributed by atoms with Crippen LogP contribution >= 0.6 is 0 Å². The first-order valence-corrected chi connectivity index (χ1v) is 10.9. The van der Waals surface area contributed by atoms with Crippen LogP contribution in [0.5, 0.6) is 0 Å². The fourth-order valence-electron chi connectivity index (χ4n) is 3.91. The first-order valence-electron chi connectivity index (χ1n) is 9.49. The van der Waals surface area contributed by atoms with Gasteiger partial charge in [-0.15, -0.1) is 0 Å². The van der Waals surface area contributed by atoms with E-state index in [4.69, 9.17) is 4.52 Å². The van der Waals surface area contributed by atoms with Gasteiger partial charge in [-0.2, -0.15) is 17.0 Å². The van der Waals surface area contributed by atoms with Gasteiger partial charge in [0.15, 0.2) is 5.69 Å². The molecule has 144 valence electrons. The van der Waals surface area contributed by atoms with Crippen molar-refractivity contribution in [3.63, 3.8) is 0 Å². The van der Waals surface area contributed by atoms with Crippen LogP contribution in [-0.2, 0) is 10.2 Å². The van der Waals surface area contributed by atoms with Crippen LogP contribution in [0.4, 0.5) is 0 Å². The predicted octanol–water partition coefficient (Wildman–Crippen LogP) is 1.48. The van der Waals surface area contributed by atoms with Crippen molar-refractivity contribution in [2.45, 2.75) is 63.5 Å². The molecule has 1 saturated carbocycles. The van der Waals surface area contributed by atoms with Crippen molar-refractivity contribution < 1.29 is 17.7 Å². The van der Waals surface area contributed by atoms with E-state index in [-0.39, 0.29) is 18.0 Å². The summed E-state index contributed by atoms with van der Waals surface area (Å²) in [6.45, 7) is 3.56. The van der Waals surface area contributed by atoms with E-state index in [9.17, 15) is 13.2 Å². The van der Waals surface area contributed by atoms with E-state index < -0.39 is 10.2 Å². The highest BCUT2D eigenvalue weighted by Crippen LogP contribution is 2.40. The Morgan fingerprint density at radius 3 is 2.62 bits per heavy atom. The van der Waals surface area contributed by atoms with Crippen LogP contribution in [0.3, 0.4) is 0 Å². The minimum absolute atomic E-state index is 0.0522. The zero-order valence-electron chi connectivity index (χ0n) is 15.1. The normalized spacial score (nSPS) is 28.3. The van der Waals surface area contributed by atoms with Crippen LogP contribution in [-0.4, -0.2) is 59.8 Å². The molecule has 2 atom stereocenters. The molecule has 1 amide bonds. The molecule has 4 rings (SSSR count). The Balaban J connectivity index is 1.35. The Bertz CT molecular complexity index is 767. The molecule has 0 spiro atoms. The van der Waals surface area contributed by atoms with E-state index in [1.807, 2.05) is 6.92 Å². The summed E-state index contributed by atoms with van der Waals surface area (Å²) < 4.78 is 33.9. The lowest BCUT2D eigenvalue weighted by Gasteiger charge is -2.38. The van der Waals surface area contributed by atoms with Crippen LogP contribution in [0, 0.1) is 0 Å². The van der Waals surface area contributed by atoms with Crippen LogP contribution in [0.2, 0.25) is 0 Å². The Kier molecular flexibility index (Phi) is 4.79. The largest absolute Gasteiger partial charge is 0.360 e. The third-order valence-electron chi connectivity index (χ3n) is 5.58. The summed E-state index contributed by atoms with van der Waals surface area (Å²) in [6.07, 6.45) is 5.26. The highest BCUT2D eigenvalue weighted by molar-refractivity contribution is 7.86.